The molecular weight excluding hydrogens is 178 g/mol. The first-order valence-corrected chi connectivity index (χ1v) is 4.85. The Morgan fingerprint density at radius 1 is 1.43 bits per heavy atom. The van der Waals surface area contributed by atoms with Gasteiger partial charge in [-0.25, -0.2) is 0 Å². The van der Waals surface area contributed by atoms with Gasteiger partial charge in [-0.15, -0.1) is 5.92 Å². The Kier molecular flexibility index (Phi) is 6.87. The molecule has 14 heavy (non-hydrogen) atoms. The number of rotatable bonds is 4. The molecule has 0 aromatic carbocycles. The molecule has 0 saturated carbocycles. The van der Waals surface area contributed by atoms with Crippen molar-refractivity contribution in [1.29, 1.82) is 0 Å². The highest BCUT2D eigenvalue weighted by atomic mass is 16.5. The highest BCUT2D eigenvalue weighted by Gasteiger charge is 2.11. The van der Waals surface area contributed by atoms with Gasteiger partial charge in [0, 0.05) is 6.42 Å². The maximum atomic E-state index is 11.2. The summed E-state index contributed by atoms with van der Waals surface area (Å²) in [5.74, 6) is 5.66. The summed E-state index contributed by atoms with van der Waals surface area (Å²) >= 11 is 0. The van der Waals surface area contributed by atoms with Crippen LogP contribution in [0.2, 0.25) is 0 Å². The quantitative estimate of drug-likeness (QED) is 0.500. The summed E-state index contributed by atoms with van der Waals surface area (Å²) in [5, 5.41) is 0. The average Bonchev–Trinajstić information content (AvgIpc) is 2.12. The van der Waals surface area contributed by atoms with Gasteiger partial charge in [0.05, 0.1) is 19.1 Å². The number of hydrogen-bond donors (Lipinski definition) is 0. The van der Waals surface area contributed by atoms with E-state index in [4.69, 9.17) is 4.74 Å². The fourth-order valence-corrected chi connectivity index (χ4v) is 0.807. The van der Waals surface area contributed by atoms with Gasteiger partial charge in [-0.2, -0.15) is 0 Å². The van der Waals surface area contributed by atoms with Gasteiger partial charge in [0.15, 0.2) is 0 Å². The molecule has 0 radical (unpaired) electrons. The van der Waals surface area contributed by atoms with Crippen molar-refractivity contribution in [2.24, 2.45) is 5.92 Å². The van der Waals surface area contributed by atoms with Crippen molar-refractivity contribution in [2.45, 2.75) is 20.3 Å². The zero-order valence-electron chi connectivity index (χ0n) is 9.46. The zero-order valence-corrected chi connectivity index (χ0v) is 9.46. The Morgan fingerprint density at radius 2 is 2.07 bits per heavy atom. The molecular formula is C11H19NO2. The summed E-state index contributed by atoms with van der Waals surface area (Å²) in [4.78, 5) is 13.2. The molecule has 3 nitrogen and oxygen atoms in total. The van der Waals surface area contributed by atoms with Crippen LogP contribution in [-0.2, 0) is 9.53 Å². The van der Waals surface area contributed by atoms with Gasteiger partial charge in [0.25, 0.3) is 0 Å². The standard InChI is InChI=1S/C11H19NO2/c1-5-14-11(13)10(2)8-6-7-9-12(3)4/h10H,5,8-9H2,1-4H3. The average molecular weight is 197 g/mol. The van der Waals surface area contributed by atoms with Crippen molar-refractivity contribution in [3.8, 4) is 11.8 Å². The number of esters is 1. The van der Waals surface area contributed by atoms with Crippen LogP contribution in [0.3, 0.4) is 0 Å². The van der Waals surface area contributed by atoms with Crippen LogP contribution in [-0.4, -0.2) is 38.1 Å². The summed E-state index contributed by atoms with van der Waals surface area (Å²) in [6.07, 6.45) is 0.576. The summed E-state index contributed by atoms with van der Waals surface area (Å²) in [7, 11) is 3.92. The van der Waals surface area contributed by atoms with Crippen molar-refractivity contribution in [2.75, 3.05) is 27.2 Å². The SMILES string of the molecule is CCOC(=O)C(C)CC#CCN(C)C. The number of carbonyl (C=O) groups is 1. The van der Waals surface area contributed by atoms with E-state index in [2.05, 4.69) is 11.8 Å². The van der Waals surface area contributed by atoms with Gasteiger partial charge < -0.3 is 4.74 Å². The molecule has 0 aliphatic carbocycles. The van der Waals surface area contributed by atoms with E-state index in [1.165, 1.54) is 0 Å². The van der Waals surface area contributed by atoms with Crippen LogP contribution in [0.25, 0.3) is 0 Å². The molecule has 0 aromatic rings. The van der Waals surface area contributed by atoms with Crippen LogP contribution < -0.4 is 0 Å². The second-order valence-corrected chi connectivity index (χ2v) is 3.45. The molecule has 0 N–H and O–H groups in total. The third-order valence-corrected chi connectivity index (χ3v) is 1.62. The first kappa shape index (κ1) is 13.0. The fraction of sp³-hybridized carbons (Fsp3) is 0.727. The minimum atomic E-state index is -0.161. The molecule has 0 fully saturated rings. The third kappa shape index (κ3) is 6.50. The molecule has 3 heteroatoms. The number of hydrogen-bond acceptors (Lipinski definition) is 3. The normalized spacial score (nSPS) is 11.8. The van der Waals surface area contributed by atoms with E-state index >= 15 is 0 Å². The van der Waals surface area contributed by atoms with Gasteiger partial charge in [-0.1, -0.05) is 12.8 Å². The lowest BCUT2D eigenvalue weighted by Gasteiger charge is -2.06. The molecule has 0 saturated heterocycles. The summed E-state index contributed by atoms with van der Waals surface area (Å²) in [6.45, 7) is 4.81. The van der Waals surface area contributed by atoms with Gasteiger partial charge >= 0.3 is 5.97 Å². The monoisotopic (exact) mass is 197 g/mol. The number of ether oxygens (including phenoxy) is 1. The molecule has 0 aliphatic heterocycles. The van der Waals surface area contributed by atoms with E-state index in [9.17, 15) is 4.79 Å². The summed E-state index contributed by atoms with van der Waals surface area (Å²) < 4.78 is 4.86. The Hall–Kier alpha value is -1.01. The first-order valence-electron chi connectivity index (χ1n) is 4.85. The molecule has 0 bridgehead atoms. The van der Waals surface area contributed by atoms with Crippen molar-refractivity contribution in [1.82, 2.24) is 4.90 Å². The van der Waals surface area contributed by atoms with E-state index in [0.717, 1.165) is 6.54 Å². The lowest BCUT2D eigenvalue weighted by atomic mass is 10.1. The predicted octanol–water partition coefficient (Wildman–Crippen LogP) is 1.14. The maximum Gasteiger partial charge on any atom is 0.309 e. The lowest BCUT2D eigenvalue weighted by molar-refractivity contribution is -0.147. The van der Waals surface area contributed by atoms with E-state index in [-0.39, 0.29) is 11.9 Å². The fourth-order valence-electron chi connectivity index (χ4n) is 0.807. The Morgan fingerprint density at radius 3 is 2.57 bits per heavy atom. The van der Waals surface area contributed by atoms with Crippen LogP contribution in [0.15, 0.2) is 0 Å². The summed E-state index contributed by atoms with van der Waals surface area (Å²) in [5.41, 5.74) is 0. The molecule has 0 aliphatic rings. The second kappa shape index (κ2) is 7.40. The van der Waals surface area contributed by atoms with Crippen LogP contribution in [0.5, 0.6) is 0 Å². The van der Waals surface area contributed by atoms with E-state index in [1.54, 1.807) is 0 Å². The molecule has 0 amide bonds. The molecule has 1 unspecified atom stereocenters. The molecule has 0 rings (SSSR count). The Balaban J connectivity index is 3.75. The Labute approximate surface area is 86.4 Å². The smallest absolute Gasteiger partial charge is 0.309 e. The lowest BCUT2D eigenvalue weighted by Crippen LogP contribution is -2.14. The van der Waals surface area contributed by atoms with Crippen molar-refractivity contribution < 1.29 is 9.53 Å². The van der Waals surface area contributed by atoms with Crippen LogP contribution in [0, 0.1) is 17.8 Å². The highest BCUT2D eigenvalue weighted by molar-refractivity contribution is 5.72. The third-order valence-electron chi connectivity index (χ3n) is 1.62. The van der Waals surface area contributed by atoms with Crippen molar-refractivity contribution in [3.63, 3.8) is 0 Å². The molecule has 0 spiro atoms. The molecule has 0 aromatic heterocycles. The van der Waals surface area contributed by atoms with Crippen LogP contribution in [0.1, 0.15) is 20.3 Å². The second-order valence-electron chi connectivity index (χ2n) is 3.45. The van der Waals surface area contributed by atoms with E-state index < -0.39 is 0 Å². The van der Waals surface area contributed by atoms with Crippen molar-refractivity contribution in [3.05, 3.63) is 0 Å². The van der Waals surface area contributed by atoms with Gasteiger partial charge in [0.1, 0.15) is 0 Å². The zero-order chi connectivity index (χ0) is 11.0. The minimum Gasteiger partial charge on any atom is -0.466 e. The predicted molar refractivity (Wildman–Crippen MR) is 56.7 cm³/mol. The summed E-state index contributed by atoms with van der Waals surface area (Å²) in [6, 6.07) is 0. The topological polar surface area (TPSA) is 29.5 Å². The number of nitrogens with zero attached hydrogens (tertiary/aromatic N) is 1. The van der Waals surface area contributed by atoms with Crippen LogP contribution >= 0.6 is 0 Å². The van der Waals surface area contributed by atoms with Crippen LogP contribution in [0.4, 0.5) is 0 Å². The minimum absolute atomic E-state index is 0.121. The highest BCUT2D eigenvalue weighted by Crippen LogP contribution is 2.02. The van der Waals surface area contributed by atoms with Crippen molar-refractivity contribution >= 4 is 5.97 Å². The van der Waals surface area contributed by atoms with Gasteiger partial charge in [0.2, 0.25) is 0 Å². The van der Waals surface area contributed by atoms with E-state index in [1.807, 2.05) is 32.8 Å². The largest absolute Gasteiger partial charge is 0.466 e. The van der Waals surface area contributed by atoms with Gasteiger partial charge in [-0.05, 0) is 21.0 Å². The van der Waals surface area contributed by atoms with E-state index in [0.29, 0.717) is 13.0 Å². The number of carbonyl (C=O) groups excluding carboxylic acids is 1. The molecule has 80 valence electrons. The first-order chi connectivity index (χ1) is 6.57. The molecule has 0 heterocycles. The Bertz CT molecular complexity index is 225. The maximum absolute atomic E-state index is 11.2. The molecule has 1 atom stereocenters. The van der Waals surface area contributed by atoms with Gasteiger partial charge in [-0.3, -0.25) is 9.69 Å².